The molecule has 0 amide bonds. The molecule has 29 heavy (non-hydrogen) atoms. The number of nitrogens with two attached hydrogens (primary N) is 1. The zero-order valence-corrected chi connectivity index (χ0v) is 17.1. The molecule has 1 aliphatic heterocycles. The van der Waals surface area contributed by atoms with Crippen molar-refractivity contribution < 1.29 is 13.2 Å². The minimum atomic E-state index is -1.20. The van der Waals surface area contributed by atoms with E-state index in [0.29, 0.717) is 12.5 Å². The third kappa shape index (κ3) is 4.74. The molecule has 1 atom stereocenters. The number of aromatic nitrogens is 3. The fourth-order valence-electron chi connectivity index (χ4n) is 3.61. The third-order valence-corrected chi connectivity index (χ3v) is 4.93. The lowest BCUT2D eigenvalue weighted by Gasteiger charge is -2.14. The quantitative estimate of drug-likeness (QED) is 0.611. The Hall–Kier alpha value is -2.09. The summed E-state index contributed by atoms with van der Waals surface area (Å²) in [4.78, 5) is 0. The summed E-state index contributed by atoms with van der Waals surface area (Å²) in [7, 11) is 0. The first kappa shape index (κ1) is 23.2. The van der Waals surface area contributed by atoms with Crippen LogP contribution in [0.2, 0.25) is 0 Å². The van der Waals surface area contributed by atoms with Crippen LogP contribution in [0.25, 0.3) is 11.4 Å². The van der Waals surface area contributed by atoms with Crippen molar-refractivity contribution in [3.8, 4) is 11.4 Å². The molecule has 9 heteroatoms. The maximum Gasteiger partial charge on any atom is 0.164 e. The number of nitrogens with zero attached hydrogens (tertiary/aromatic N) is 3. The SMILES string of the molecule is Cl.Cl.N[C@H](Cc1cc(F)c(F)cc1F)Cc1nnc2n1CCCc1ccccc1-2. The standard InChI is InChI=1S/C20H19F3N4.2ClH/c21-16-11-18(23)17(22)9-13(16)8-14(24)10-19-25-26-20-15-6-2-1-4-12(15)5-3-7-27(19)20;;/h1-2,4,6,9,11,14H,3,5,7-8,10,24H2;2*1H/t14-;;/m1../s1. The normalized spacial score (nSPS) is 13.4. The molecule has 4 rings (SSSR count). The molecule has 0 spiro atoms. The second kappa shape index (κ2) is 9.61. The van der Waals surface area contributed by atoms with Gasteiger partial charge in [0.05, 0.1) is 0 Å². The van der Waals surface area contributed by atoms with Crippen molar-refractivity contribution in [3.63, 3.8) is 0 Å². The van der Waals surface area contributed by atoms with Gasteiger partial charge < -0.3 is 10.3 Å². The molecule has 0 saturated heterocycles. The minimum absolute atomic E-state index is 0. The highest BCUT2D eigenvalue weighted by Gasteiger charge is 2.21. The van der Waals surface area contributed by atoms with Crippen LogP contribution >= 0.6 is 24.8 Å². The van der Waals surface area contributed by atoms with Gasteiger partial charge in [-0.2, -0.15) is 0 Å². The topological polar surface area (TPSA) is 56.7 Å². The van der Waals surface area contributed by atoms with Gasteiger partial charge >= 0.3 is 0 Å². The van der Waals surface area contributed by atoms with E-state index in [-0.39, 0.29) is 36.8 Å². The van der Waals surface area contributed by atoms with Gasteiger partial charge in [0.25, 0.3) is 0 Å². The van der Waals surface area contributed by atoms with Crippen LogP contribution in [0.15, 0.2) is 36.4 Å². The van der Waals surface area contributed by atoms with Crippen molar-refractivity contribution in [2.45, 2.75) is 38.3 Å². The van der Waals surface area contributed by atoms with E-state index in [9.17, 15) is 13.2 Å². The maximum atomic E-state index is 13.9. The monoisotopic (exact) mass is 444 g/mol. The molecule has 1 aromatic heterocycles. The highest BCUT2D eigenvalue weighted by molar-refractivity contribution is 5.85. The minimum Gasteiger partial charge on any atom is -0.327 e. The fraction of sp³-hybridized carbons (Fsp3) is 0.300. The molecule has 0 saturated carbocycles. The Morgan fingerprint density at radius 3 is 2.48 bits per heavy atom. The van der Waals surface area contributed by atoms with Gasteiger partial charge in [-0.15, -0.1) is 35.0 Å². The number of halogens is 5. The van der Waals surface area contributed by atoms with Crippen LogP contribution in [0.4, 0.5) is 13.2 Å². The van der Waals surface area contributed by atoms with Gasteiger partial charge in [0.15, 0.2) is 17.5 Å². The average molecular weight is 445 g/mol. The molecule has 2 N–H and O–H groups in total. The Kier molecular flexibility index (Phi) is 7.68. The zero-order chi connectivity index (χ0) is 19.0. The molecule has 0 bridgehead atoms. The summed E-state index contributed by atoms with van der Waals surface area (Å²) in [5.41, 5.74) is 8.52. The van der Waals surface area contributed by atoms with Gasteiger partial charge in [-0.1, -0.05) is 24.3 Å². The number of rotatable bonds is 4. The Balaban J connectivity index is 0.00000150. The molecular formula is C20H21Cl2F3N4. The highest BCUT2D eigenvalue weighted by atomic mass is 35.5. The Labute approximate surface area is 179 Å². The Morgan fingerprint density at radius 2 is 1.69 bits per heavy atom. The molecule has 2 aromatic carbocycles. The van der Waals surface area contributed by atoms with E-state index in [4.69, 9.17) is 5.73 Å². The van der Waals surface area contributed by atoms with E-state index in [1.165, 1.54) is 5.56 Å². The molecule has 3 aromatic rings. The summed E-state index contributed by atoms with van der Waals surface area (Å²) < 4.78 is 42.4. The first-order valence-corrected chi connectivity index (χ1v) is 8.92. The van der Waals surface area contributed by atoms with Gasteiger partial charge in [-0.25, -0.2) is 13.2 Å². The Bertz CT molecular complexity index is 994. The largest absolute Gasteiger partial charge is 0.327 e. The summed E-state index contributed by atoms with van der Waals surface area (Å²) in [5, 5.41) is 8.61. The third-order valence-electron chi connectivity index (χ3n) is 4.93. The predicted octanol–water partition coefficient (Wildman–Crippen LogP) is 4.26. The predicted molar refractivity (Wildman–Crippen MR) is 110 cm³/mol. The summed E-state index contributed by atoms with van der Waals surface area (Å²) in [5.74, 6) is -1.54. The number of hydrogen-bond donors (Lipinski definition) is 1. The lowest BCUT2D eigenvalue weighted by Crippen LogP contribution is -2.28. The molecule has 4 nitrogen and oxygen atoms in total. The van der Waals surface area contributed by atoms with Crippen LogP contribution in [-0.2, 0) is 25.8 Å². The highest BCUT2D eigenvalue weighted by Crippen LogP contribution is 2.28. The molecule has 2 heterocycles. The van der Waals surface area contributed by atoms with Gasteiger partial charge in [-0.05, 0) is 36.5 Å². The van der Waals surface area contributed by atoms with Crippen LogP contribution in [0.3, 0.4) is 0 Å². The first-order valence-electron chi connectivity index (χ1n) is 8.92. The van der Waals surface area contributed by atoms with Crippen molar-refractivity contribution in [1.29, 1.82) is 0 Å². The molecule has 1 aliphatic rings. The summed E-state index contributed by atoms with van der Waals surface area (Å²) in [6.45, 7) is 0.776. The molecule has 0 radical (unpaired) electrons. The van der Waals surface area contributed by atoms with Crippen LogP contribution in [0.1, 0.15) is 23.4 Å². The molecule has 156 valence electrons. The summed E-state index contributed by atoms with van der Waals surface area (Å²) in [6, 6.07) is 9.04. The summed E-state index contributed by atoms with van der Waals surface area (Å²) in [6.07, 6.45) is 2.38. The van der Waals surface area contributed by atoms with E-state index in [1.807, 2.05) is 22.8 Å². The van der Waals surface area contributed by atoms with E-state index < -0.39 is 23.5 Å². The van der Waals surface area contributed by atoms with Gasteiger partial charge in [0, 0.05) is 30.6 Å². The molecule has 0 aliphatic carbocycles. The maximum absolute atomic E-state index is 13.9. The Morgan fingerprint density at radius 1 is 0.966 bits per heavy atom. The van der Waals surface area contributed by atoms with Crippen molar-refractivity contribution in [2.24, 2.45) is 5.73 Å². The van der Waals surface area contributed by atoms with Crippen LogP contribution in [0, 0.1) is 17.5 Å². The van der Waals surface area contributed by atoms with Gasteiger partial charge in [0.2, 0.25) is 0 Å². The average Bonchev–Trinajstić information content (AvgIpc) is 2.92. The van der Waals surface area contributed by atoms with Crippen molar-refractivity contribution in [1.82, 2.24) is 14.8 Å². The van der Waals surface area contributed by atoms with Gasteiger partial charge in [-0.3, -0.25) is 0 Å². The lowest BCUT2D eigenvalue weighted by atomic mass is 10.0. The lowest BCUT2D eigenvalue weighted by molar-refractivity contribution is 0.485. The number of benzene rings is 2. The van der Waals surface area contributed by atoms with Crippen LogP contribution in [0.5, 0.6) is 0 Å². The second-order valence-corrected chi connectivity index (χ2v) is 6.88. The van der Waals surface area contributed by atoms with E-state index >= 15 is 0 Å². The van der Waals surface area contributed by atoms with Crippen molar-refractivity contribution in [2.75, 3.05) is 0 Å². The van der Waals surface area contributed by atoms with Crippen molar-refractivity contribution >= 4 is 24.8 Å². The second-order valence-electron chi connectivity index (χ2n) is 6.88. The van der Waals surface area contributed by atoms with E-state index in [1.54, 1.807) is 0 Å². The van der Waals surface area contributed by atoms with Crippen LogP contribution < -0.4 is 5.73 Å². The summed E-state index contributed by atoms with van der Waals surface area (Å²) >= 11 is 0. The van der Waals surface area contributed by atoms with Crippen molar-refractivity contribution in [3.05, 3.63) is 70.8 Å². The van der Waals surface area contributed by atoms with Crippen LogP contribution in [-0.4, -0.2) is 20.8 Å². The first-order chi connectivity index (χ1) is 13.0. The smallest absolute Gasteiger partial charge is 0.164 e. The van der Waals surface area contributed by atoms with E-state index in [2.05, 4.69) is 16.3 Å². The molecule has 0 fully saturated rings. The van der Waals surface area contributed by atoms with E-state index in [0.717, 1.165) is 42.7 Å². The molecule has 0 unspecified atom stereocenters. The molecular weight excluding hydrogens is 424 g/mol. The van der Waals surface area contributed by atoms with Gasteiger partial charge in [0.1, 0.15) is 11.6 Å². The fourth-order valence-corrected chi connectivity index (χ4v) is 3.61. The number of hydrogen-bond acceptors (Lipinski definition) is 3. The number of aryl methyl sites for hydroxylation is 1. The zero-order valence-electron chi connectivity index (χ0n) is 15.4. The number of fused-ring (bicyclic) bond motifs is 3.